The third kappa shape index (κ3) is 5.84. The number of aromatic nitrogens is 1. The highest BCUT2D eigenvalue weighted by molar-refractivity contribution is 6.30. The van der Waals surface area contributed by atoms with E-state index in [0.29, 0.717) is 11.4 Å². The molecule has 0 saturated heterocycles. The highest BCUT2D eigenvalue weighted by Crippen LogP contribution is 2.65. The van der Waals surface area contributed by atoms with E-state index in [-0.39, 0.29) is 43.3 Å². The normalized spacial score (nSPS) is 16.9. The van der Waals surface area contributed by atoms with Crippen molar-refractivity contribution in [1.29, 1.82) is 0 Å². The van der Waals surface area contributed by atoms with Crippen molar-refractivity contribution in [3.63, 3.8) is 0 Å². The third-order valence-electron chi connectivity index (χ3n) is 6.90. The summed E-state index contributed by atoms with van der Waals surface area (Å²) in [6, 6.07) is 6.31. The number of pyridine rings is 1. The summed E-state index contributed by atoms with van der Waals surface area (Å²) in [5, 5.41) is 13.0. The van der Waals surface area contributed by atoms with Crippen molar-refractivity contribution in [2.45, 2.75) is 57.7 Å². The molecule has 34 heavy (non-hydrogen) atoms. The molecule has 5 nitrogen and oxygen atoms in total. The van der Waals surface area contributed by atoms with Crippen molar-refractivity contribution >= 4 is 17.5 Å². The van der Waals surface area contributed by atoms with Gasteiger partial charge in [-0.1, -0.05) is 11.6 Å². The Hall–Kier alpha value is -2.32. The molecule has 2 atom stereocenters. The minimum atomic E-state index is -4.42. The van der Waals surface area contributed by atoms with Gasteiger partial charge >= 0.3 is 6.18 Å². The molecule has 0 aliphatic heterocycles. The second-order valence-corrected chi connectivity index (χ2v) is 9.93. The summed E-state index contributed by atoms with van der Waals surface area (Å²) in [7, 11) is 3.79. The summed E-state index contributed by atoms with van der Waals surface area (Å²) in [4.78, 5) is 19.0. The molecule has 2 unspecified atom stereocenters. The first-order valence-electron chi connectivity index (χ1n) is 11.2. The predicted octanol–water partition coefficient (Wildman–Crippen LogP) is 5.16. The van der Waals surface area contributed by atoms with E-state index in [4.69, 9.17) is 11.6 Å². The van der Waals surface area contributed by atoms with Crippen molar-refractivity contribution in [3.8, 4) is 5.75 Å². The number of amides is 1. The van der Waals surface area contributed by atoms with Gasteiger partial charge in [-0.15, -0.1) is 0 Å². The number of halogens is 4. The number of phenolic OH excluding ortho intramolecular Hbond substituents is 1. The minimum Gasteiger partial charge on any atom is -0.508 e. The lowest BCUT2D eigenvalue weighted by Gasteiger charge is -2.29. The standard InChI is InChI=1S/C25H31ClF3N3O2/c1-15-9-19(33)10-16(2)20(15)11-18(32(3)4)14-31-23(34)12-21(22-6-5-17(26)13-30-22)24(7-8-24)25(27,28)29/h5-6,9-10,13,18,21,33H,7-8,11-12,14H2,1-4H3,(H,31,34). The Bertz CT molecular complexity index is 998. The number of likely N-dealkylation sites (N-methyl/N-ethyl adjacent to an activating group) is 1. The first-order chi connectivity index (χ1) is 15.8. The highest BCUT2D eigenvalue weighted by atomic mass is 35.5. The average molecular weight is 498 g/mol. The van der Waals surface area contributed by atoms with Crippen LogP contribution < -0.4 is 5.32 Å². The number of phenols is 1. The fourth-order valence-corrected chi connectivity index (χ4v) is 4.71. The molecule has 1 amide bonds. The highest BCUT2D eigenvalue weighted by Gasteiger charge is 2.67. The van der Waals surface area contributed by atoms with Gasteiger partial charge in [0.1, 0.15) is 5.75 Å². The Balaban J connectivity index is 1.73. The lowest BCUT2D eigenvalue weighted by atomic mass is 9.82. The van der Waals surface area contributed by atoms with Crippen LogP contribution in [0.4, 0.5) is 13.2 Å². The molecule has 0 spiro atoms. The third-order valence-corrected chi connectivity index (χ3v) is 7.13. The second-order valence-electron chi connectivity index (χ2n) is 9.50. The molecule has 1 aliphatic carbocycles. The second kappa shape index (κ2) is 10.1. The summed E-state index contributed by atoms with van der Waals surface area (Å²) in [6.45, 7) is 4.12. The first kappa shape index (κ1) is 26.3. The number of nitrogens with one attached hydrogen (secondary N) is 1. The number of alkyl halides is 3. The molecular formula is C25H31ClF3N3O2. The van der Waals surface area contributed by atoms with Gasteiger partial charge in [0.05, 0.1) is 10.4 Å². The van der Waals surface area contributed by atoms with Crippen LogP contribution in [0.3, 0.4) is 0 Å². The minimum absolute atomic E-state index is 0.0154. The van der Waals surface area contributed by atoms with Crippen LogP contribution in [-0.2, 0) is 11.2 Å². The Morgan fingerprint density at radius 3 is 2.32 bits per heavy atom. The smallest absolute Gasteiger partial charge is 0.395 e. The van der Waals surface area contributed by atoms with Gasteiger partial charge in [0.2, 0.25) is 5.91 Å². The molecule has 1 aromatic carbocycles. The molecule has 2 aromatic rings. The number of hydrogen-bond acceptors (Lipinski definition) is 4. The molecule has 1 fully saturated rings. The first-order valence-corrected chi connectivity index (χ1v) is 11.6. The van der Waals surface area contributed by atoms with Crippen molar-refractivity contribution < 1.29 is 23.1 Å². The van der Waals surface area contributed by atoms with Gasteiger partial charge in [-0.3, -0.25) is 9.78 Å². The fourth-order valence-electron chi connectivity index (χ4n) is 4.60. The molecule has 186 valence electrons. The number of aryl methyl sites for hydroxylation is 2. The van der Waals surface area contributed by atoms with Gasteiger partial charge in [0.15, 0.2) is 0 Å². The van der Waals surface area contributed by atoms with Crippen molar-refractivity contribution in [1.82, 2.24) is 15.2 Å². The number of aromatic hydroxyl groups is 1. The van der Waals surface area contributed by atoms with Gasteiger partial charge in [-0.25, -0.2) is 0 Å². The monoisotopic (exact) mass is 497 g/mol. The molecule has 0 bridgehead atoms. The van der Waals surface area contributed by atoms with Crippen LogP contribution >= 0.6 is 11.6 Å². The number of benzene rings is 1. The maximum absolute atomic E-state index is 13.9. The van der Waals surface area contributed by atoms with E-state index >= 15 is 0 Å². The number of nitrogens with zero attached hydrogens (tertiary/aromatic N) is 2. The van der Waals surface area contributed by atoms with Gasteiger partial charge in [-0.2, -0.15) is 13.2 Å². The predicted molar refractivity (Wildman–Crippen MR) is 126 cm³/mol. The molecular weight excluding hydrogens is 467 g/mol. The lowest BCUT2D eigenvalue weighted by Crippen LogP contribution is -2.43. The zero-order chi connectivity index (χ0) is 25.3. The van der Waals surface area contributed by atoms with Crippen molar-refractivity contribution in [2.75, 3.05) is 20.6 Å². The molecule has 2 N–H and O–H groups in total. The zero-order valence-electron chi connectivity index (χ0n) is 19.8. The Labute approximate surface area is 203 Å². The van der Waals surface area contributed by atoms with E-state index in [1.807, 2.05) is 32.8 Å². The Morgan fingerprint density at radius 2 is 1.85 bits per heavy atom. The summed E-state index contributed by atoms with van der Waals surface area (Å²) in [6.07, 6.45) is -2.81. The number of carbonyl (C=O) groups is 1. The SMILES string of the molecule is Cc1cc(O)cc(C)c1CC(CNC(=O)CC(c1ccc(Cl)cn1)C1(C(F)(F)F)CC1)N(C)C. The van der Waals surface area contributed by atoms with Gasteiger partial charge in [0.25, 0.3) is 0 Å². The van der Waals surface area contributed by atoms with E-state index < -0.39 is 23.4 Å². The summed E-state index contributed by atoms with van der Waals surface area (Å²) < 4.78 is 41.8. The summed E-state index contributed by atoms with van der Waals surface area (Å²) >= 11 is 5.87. The van der Waals surface area contributed by atoms with E-state index in [1.165, 1.54) is 18.3 Å². The van der Waals surface area contributed by atoms with Crippen LogP contribution in [0.2, 0.25) is 5.02 Å². The van der Waals surface area contributed by atoms with Gasteiger partial charge in [0, 0.05) is 36.8 Å². The fraction of sp³-hybridized carbons (Fsp3) is 0.520. The van der Waals surface area contributed by atoms with E-state index in [1.54, 1.807) is 12.1 Å². The molecule has 3 rings (SSSR count). The van der Waals surface area contributed by atoms with Crippen LogP contribution in [0, 0.1) is 19.3 Å². The van der Waals surface area contributed by atoms with Crippen molar-refractivity contribution in [2.24, 2.45) is 5.41 Å². The molecule has 1 saturated carbocycles. The quantitative estimate of drug-likeness (QED) is 0.502. The van der Waals surface area contributed by atoms with E-state index in [9.17, 15) is 23.1 Å². The van der Waals surface area contributed by atoms with Crippen LogP contribution in [0.1, 0.15) is 47.6 Å². The van der Waals surface area contributed by atoms with Gasteiger partial charge < -0.3 is 15.3 Å². The van der Waals surface area contributed by atoms with Crippen LogP contribution in [0.5, 0.6) is 5.75 Å². The molecule has 1 aliphatic rings. The molecule has 1 heterocycles. The molecule has 0 radical (unpaired) electrons. The number of hydrogen-bond donors (Lipinski definition) is 2. The lowest BCUT2D eigenvalue weighted by molar-refractivity contribution is -0.195. The Kier molecular flexibility index (Phi) is 7.82. The zero-order valence-corrected chi connectivity index (χ0v) is 20.6. The van der Waals surface area contributed by atoms with Crippen LogP contribution in [0.15, 0.2) is 30.5 Å². The van der Waals surface area contributed by atoms with Crippen LogP contribution in [-0.4, -0.2) is 53.8 Å². The molecule has 9 heteroatoms. The summed E-state index contributed by atoms with van der Waals surface area (Å²) in [5.74, 6) is -1.30. The molecule has 1 aromatic heterocycles. The Morgan fingerprint density at radius 1 is 1.24 bits per heavy atom. The van der Waals surface area contributed by atoms with E-state index in [0.717, 1.165) is 16.7 Å². The maximum Gasteiger partial charge on any atom is 0.395 e. The number of carbonyl (C=O) groups excluding carboxylic acids is 1. The number of rotatable bonds is 9. The van der Waals surface area contributed by atoms with Gasteiger partial charge in [-0.05, 0) is 88.2 Å². The average Bonchev–Trinajstić information content (AvgIpc) is 3.53. The topological polar surface area (TPSA) is 65.5 Å². The van der Waals surface area contributed by atoms with Crippen LogP contribution in [0.25, 0.3) is 0 Å². The van der Waals surface area contributed by atoms with Crippen molar-refractivity contribution in [3.05, 3.63) is 57.9 Å². The summed E-state index contributed by atoms with van der Waals surface area (Å²) in [5.41, 5.74) is 1.28. The largest absolute Gasteiger partial charge is 0.508 e. The van der Waals surface area contributed by atoms with E-state index in [2.05, 4.69) is 10.3 Å². The maximum atomic E-state index is 13.9.